The van der Waals surface area contributed by atoms with E-state index >= 15 is 0 Å². The molecule has 0 amide bonds. The fourth-order valence-electron chi connectivity index (χ4n) is 1.87. The second-order valence-corrected chi connectivity index (χ2v) is 4.72. The van der Waals surface area contributed by atoms with E-state index in [2.05, 4.69) is 5.32 Å². The molecule has 0 radical (unpaired) electrons. The number of anilines is 1. The Kier molecular flexibility index (Phi) is 4.20. The molecule has 2 aromatic carbocycles. The molecular weight excluding hydrogens is 283 g/mol. The maximum Gasteiger partial charge on any atom is 0.271 e. The van der Waals surface area contributed by atoms with Gasteiger partial charge < -0.3 is 5.32 Å². The minimum absolute atomic E-state index is 0.0716. The molecule has 0 aromatic heterocycles. The van der Waals surface area contributed by atoms with Crippen molar-refractivity contribution in [2.75, 3.05) is 5.32 Å². The van der Waals surface area contributed by atoms with Crippen LogP contribution in [-0.2, 0) is 0 Å². The van der Waals surface area contributed by atoms with E-state index < -0.39 is 4.92 Å². The lowest BCUT2D eigenvalue weighted by molar-refractivity contribution is -0.384. The van der Waals surface area contributed by atoms with Crippen LogP contribution in [0.25, 0.3) is 0 Å². The van der Waals surface area contributed by atoms with Gasteiger partial charge in [0.25, 0.3) is 5.69 Å². The van der Waals surface area contributed by atoms with Crippen molar-refractivity contribution in [3.8, 4) is 0 Å². The Bertz CT molecular complexity index is 649. The third-order valence-corrected chi connectivity index (χ3v) is 3.23. The summed E-state index contributed by atoms with van der Waals surface area (Å²) >= 11 is 5.99. The molecule has 0 aliphatic carbocycles. The minimum atomic E-state index is -0.505. The standard InChI is InChI=1S/C14H12ClFN2O2/c1-9(11-4-2-3-5-13(11)16)17-14-8-10(18(19)20)6-7-12(14)15/h2-9,17H,1H3. The molecule has 6 heteroatoms. The number of hydrogen-bond acceptors (Lipinski definition) is 3. The Morgan fingerprint density at radius 1 is 1.30 bits per heavy atom. The van der Waals surface area contributed by atoms with Gasteiger partial charge in [-0.05, 0) is 19.1 Å². The lowest BCUT2D eigenvalue weighted by atomic mass is 10.1. The highest BCUT2D eigenvalue weighted by Crippen LogP contribution is 2.30. The average Bonchev–Trinajstić information content (AvgIpc) is 2.41. The monoisotopic (exact) mass is 294 g/mol. The molecule has 1 unspecified atom stereocenters. The molecule has 1 atom stereocenters. The summed E-state index contributed by atoms with van der Waals surface area (Å²) in [6.45, 7) is 1.76. The fourth-order valence-corrected chi connectivity index (χ4v) is 2.05. The van der Waals surface area contributed by atoms with Gasteiger partial charge >= 0.3 is 0 Å². The van der Waals surface area contributed by atoms with Crippen molar-refractivity contribution in [2.24, 2.45) is 0 Å². The Labute approximate surface area is 120 Å². The fraction of sp³-hybridized carbons (Fsp3) is 0.143. The van der Waals surface area contributed by atoms with Crippen LogP contribution in [-0.4, -0.2) is 4.92 Å². The second-order valence-electron chi connectivity index (χ2n) is 4.31. The van der Waals surface area contributed by atoms with Crippen molar-refractivity contribution in [1.29, 1.82) is 0 Å². The Morgan fingerprint density at radius 3 is 2.65 bits per heavy atom. The maximum atomic E-state index is 13.7. The van der Waals surface area contributed by atoms with Crippen LogP contribution in [0, 0.1) is 15.9 Å². The predicted octanol–water partition coefficient (Wildman–Crippen LogP) is 4.56. The molecule has 2 rings (SSSR count). The largest absolute Gasteiger partial charge is 0.377 e. The van der Waals surface area contributed by atoms with Crippen LogP contribution in [0.2, 0.25) is 5.02 Å². The van der Waals surface area contributed by atoms with E-state index in [1.165, 1.54) is 24.3 Å². The number of hydrogen-bond donors (Lipinski definition) is 1. The maximum absolute atomic E-state index is 13.7. The molecule has 4 nitrogen and oxygen atoms in total. The molecule has 0 spiro atoms. The van der Waals surface area contributed by atoms with Crippen LogP contribution in [0.3, 0.4) is 0 Å². The molecule has 0 saturated heterocycles. The topological polar surface area (TPSA) is 55.2 Å². The SMILES string of the molecule is CC(Nc1cc([N+](=O)[O-])ccc1Cl)c1ccccc1F. The van der Waals surface area contributed by atoms with Gasteiger partial charge in [-0.25, -0.2) is 4.39 Å². The number of nitrogens with zero attached hydrogens (tertiary/aromatic N) is 1. The first-order valence-corrected chi connectivity index (χ1v) is 6.31. The summed E-state index contributed by atoms with van der Waals surface area (Å²) in [5.74, 6) is -0.339. The van der Waals surface area contributed by atoms with Crippen LogP contribution in [0.5, 0.6) is 0 Å². The smallest absolute Gasteiger partial charge is 0.271 e. The van der Waals surface area contributed by atoms with Crippen molar-refractivity contribution in [2.45, 2.75) is 13.0 Å². The number of rotatable bonds is 4. The summed E-state index contributed by atoms with van der Waals surface area (Å²) in [5, 5.41) is 14.1. The Hall–Kier alpha value is -2.14. The van der Waals surface area contributed by atoms with Gasteiger partial charge in [0.2, 0.25) is 0 Å². The van der Waals surface area contributed by atoms with Crippen LogP contribution in [0.15, 0.2) is 42.5 Å². The highest BCUT2D eigenvalue weighted by molar-refractivity contribution is 6.33. The zero-order valence-corrected chi connectivity index (χ0v) is 11.4. The highest BCUT2D eigenvalue weighted by Gasteiger charge is 2.14. The number of nitro benzene ring substituents is 1. The first kappa shape index (κ1) is 14.3. The van der Waals surface area contributed by atoms with E-state index in [-0.39, 0.29) is 17.5 Å². The van der Waals surface area contributed by atoms with Gasteiger partial charge in [-0.3, -0.25) is 10.1 Å². The summed E-state index contributed by atoms with van der Waals surface area (Å²) in [7, 11) is 0. The second kappa shape index (κ2) is 5.88. The van der Waals surface area contributed by atoms with Crippen LogP contribution in [0.1, 0.15) is 18.5 Å². The van der Waals surface area contributed by atoms with Gasteiger partial charge in [-0.1, -0.05) is 29.8 Å². The van der Waals surface area contributed by atoms with E-state index in [1.807, 2.05) is 0 Å². The molecule has 0 heterocycles. The van der Waals surface area contributed by atoms with E-state index in [4.69, 9.17) is 11.6 Å². The number of halogens is 2. The van der Waals surface area contributed by atoms with Crippen molar-refractivity contribution in [1.82, 2.24) is 0 Å². The molecular formula is C14H12ClFN2O2. The number of nitrogens with one attached hydrogen (secondary N) is 1. The molecule has 0 aliphatic heterocycles. The molecule has 0 saturated carbocycles. The number of non-ortho nitro benzene ring substituents is 1. The number of benzene rings is 2. The van der Waals surface area contributed by atoms with Crippen molar-refractivity contribution in [3.63, 3.8) is 0 Å². The molecule has 2 aromatic rings. The van der Waals surface area contributed by atoms with E-state index in [9.17, 15) is 14.5 Å². The molecule has 20 heavy (non-hydrogen) atoms. The van der Waals surface area contributed by atoms with E-state index in [0.29, 0.717) is 16.3 Å². The van der Waals surface area contributed by atoms with Gasteiger partial charge in [0, 0.05) is 17.7 Å². The quantitative estimate of drug-likeness (QED) is 0.664. The molecule has 0 aliphatic rings. The van der Waals surface area contributed by atoms with Gasteiger partial charge in [-0.15, -0.1) is 0 Å². The highest BCUT2D eigenvalue weighted by atomic mass is 35.5. The molecule has 1 N–H and O–H groups in total. The summed E-state index contributed by atoms with van der Waals surface area (Å²) in [6, 6.07) is 10.1. The summed E-state index contributed by atoms with van der Waals surface area (Å²) in [6.07, 6.45) is 0. The molecule has 104 valence electrons. The van der Waals surface area contributed by atoms with Crippen molar-refractivity contribution >= 4 is 23.0 Å². The van der Waals surface area contributed by atoms with Crippen LogP contribution < -0.4 is 5.32 Å². The lowest BCUT2D eigenvalue weighted by Gasteiger charge is -2.17. The van der Waals surface area contributed by atoms with Gasteiger partial charge in [0.05, 0.1) is 21.7 Å². The predicted molar refractivity (Wildman–Crippen MR) is 76.5 cm³/mol. The Balaban J connectivity index is 2.28. The first-order chi connectivity index (χ1) is 9.49. The summed E-state index contributed by atoms with van der Waals surface area (Å²) in [5.41, 5.74) is 0.796. The van der Waals surface area contributed by atoms with Gasteiger partial charge in [0.1, 0.15) is 5.82 Å². The number of nitro groups is 1. The first-order valence-electron chi connectivity index (χ1n) is 5.94. The zero-order chi connectivity index (χ0) is 14.7. The summed E-state index contributed by atoms with van der Waals surface area (Å²) < 4.78 is 13.7. The third kappa shape index (κ3) is 3.05. The normalized spacial score (nSPS) is 11.9. The van der Waals surface area contributed by atoms with Crippen LogP contribution >= 0.6 is 11.6 Å². The summed E-state index contributed by atoms with van der Waals surface area (Å²) in [4.78, 5) is 10.2. The average molecular weight is 295 g/mol. The van der Waals surface area contributed by atoms with Crippen LogP contribution in [0.4, 0.5) is 15.8 Å². The zero-order valence-electron chi connectivity index (χ0n) is 10.6. The minimum Gasteiger partial charge on any atom is -0.377 e. The van der Waals surface area contributed by atoms with Crippen molar-refractivity contribution < 1.29 is 9.31 Å². The third-order valence-electron chi connectivity index (χ3n) is 2.90. The van der Waals surface area contributed by atoms with Crippen molar-refractivity contribution in [3.05, 3.63) is 69.0 Å². The van der Waals surface area contributed by atoms with Gasteiger partial charge in [-0.2, -0.15) is 0 Å². The Morgan fingerprint density at radius 2 is 2.00 bits per heavy atom. The molecule has 0 fully saturated rings. The molecule has 0 bridgehead atoms. The lowest BCUT2D eigenvalue weighted by Crippen LogP contribution is -2.09. The van der Waals surface area contributed by atoms with Gasteiger partial charge in [0.15, 0.2) is 0 Å². The van der Waals surface area contributed by atoms with E-state index in [1.54, 1.807) is 25.1 Å². The van der Waals surface area contributed by atoms with E-state index in [0.717, 1.165) is 0 Å².